The second-order valence-electron chi connectivity index (χ2n) is 2.42. The van der Waals surface area contributed by atoms with Crippen molar-refractivity contribution in [1.82, 2.24) is 0 Å². The van der Waals surface area contributed by atoms with Gasteiger partial charge in [-0.3, -0.25) is 0 Å². The first-order valence-corrected chi connectivity index (χ1v) is 11.7. The SMILES string of the molecule is C=O.C=O.C=O.CP(C)(C)(I)I.[Fe]. The fraction of sp³-hybridized carbons (Fsp3) is 0.500. The maximum absolute atomic E-state index is 8.00. The van der Waals surface area contributed by atoms with Crippen LogP contribution >= 0.6 is 46.0 Å². The standard InChI is InChI=1S/C3H9I2P.3CH2O.Fe/c1-6(2,3,4)5;3*1-2;/h1-3H3;3*1H2;. The first kappa shape index (κ1) is 29.3. The third kappa shape index (κ3) is 868. The third-order valence-electron chi connectivity index (χ3n) is 0. The summed E-state index contributed by atoms with van der Waals surface area (Å²) in [6.07, 6.45) is 0. The Morgan fingerprint density at radius 2 is 0.769 bits per heavy atom. The van der Waals surface area contributed by atoms with E-state index in [1.165, 1.54) is 0 Å². The van der Waals surface area contributed by atoms with Crippen molar-refractivity contribution in [3.8, 4) is 0 Å². The average molecular weight is 476 g/mol. The first-order chi connectivity index (χ1) is 5.24. The van der Waals surface area contributed by atoms with Crippen LogP contribution in [0.1, 0.15) is 0 Å². The second kappa shape index (κ2) is 15.9. The molecule has 0 atom stereocenters. The van der Waals surface area contributed by atoms with Gasteiger partial charge in [0, 0.05) is 17.1 Å². The van der Waals surface area contributed by atoms with Crippen molar-refractivity contribution >= 4 is 66.3 Å². The van der Waals surface area contributed by atoms with Gasteiger partial charge in [0.15, 0.2) is 0 Å². The summed E-state index contributed by atoms with van der Waals surface area (Å²) in [7, 11) is 0. The number of carbonyl (C=O) groups excluding carboxylic acids is 3. The van der Waals surface area contributed by atoms with Gasteiger partial charge < -0.3 is 14.4 Å². The molecular formula is C6H15FeI2O3P. The summed E-state index contributed by atoms with van der Waals surface area (Å²) in [4.78, 5) is 24.0. The van der Waals surface area contributed by atoms with Gasteiger partial charge in [-0.15, -0.1) is 0 Å². The van der Waals surface area contributed by atoms with Crippen LogP contribution in [0.2, 0.25) is 0 Å². The van der Waals surface area contributed by atoms with Crippen LogP contribution in [0.5, 0.6) is 0 Å². The molecule has 0 aromatic carbocycles. The molecule has 0 fully saturated rings. The summed E-state index contributed by atoms with van der Waals surface area (Å²) in [5, 5.41) is 0. The second-order valence-corrected chi connectivity index (χ2v) is 33.1. The van der Waals surface area contributed by atoms with Gasteiger partial charge in [0.2, 0.25) is 0 Å². The van der Waals surface area contributed by atoms with E-state index < -0.39 is 1.89 Å². The molecule has 13 heavy (non-hydrogen) atoms. The number of halogens is 2. The number of carbonyl (C=O) groups is 3. The van der Waals surface area contributed by atoms with Crippen molar-refractivity contribution < 1.29 is 31.5 Å². The smallest absolute Gasteiger partial charge is 0 e. The summed E-state index contributed by atoms with van der Waals surface area (Å²) in [5.41, 5.74) is 0. The van der Waals surface area contributed by atoms with E-state index >= 15 is 0 Å². The Labute approximate surface area is 117 Å². The van der Waals surface area contributed by atoms with Gasteiger partial charge in [-0.25, -0.2) is 0 Å². The molecule has 0 heterocycles. The van der Waals surface area contributed by atoms with Crippen molar-refractivity contribution in [3.63, 3.8) is 0 Å². The van der Waals surface area contributed by atoms with Gasteiger partial charge in [0.1, 0.15) is 20.4 Å². The van der Waals surface area contributed by atoms with E-state index in [1.807, 2.05) is 20.4 Å². The van der Waals surface area contributed by atoms with Crippen LogP contribution in [0.15, 0.2) is 0 Å². The van der Waals surface area contributed by atoms with Crippen molar-refractivity contribution in [2.75, 3.05) is 20.0 Å². The number of rotatable bonds is 0. The van der Waals surface area contributed by atoms with Crippen LogP contribution in [0.25, 0.3) is 0 Å². The minimum Gasteiger partial charge on any atom is 0 e. The predicted octanol–water partition coefficient (Wildman–Crippen LogP) is 2.57. The van der Waals surface area contributed by atoms with Gasteiger partial charge in [-0.1, -0.05) is 0 Å². The van der Waals surface area contributed by atoms with Gasteiger partial charge in [-0.05, 0) is 0 Å². The van der Waals surface area contributed by atoms with Gasteiger partial charge >= 0.3 is 66.0 Å². The van der Waals surface area contributed by atoms with E-state index in [-0.39, 0.29) is 17.1 Å². The normalized spacial score (nSPS) is 9.77. The zero-order valence-corrected chi connectivity index (χ0v) is 14.2. The quantitative estimate of drug-likeness (QED) is 0.307. The van der Waals surface area contributed by atoms with E-state index in [1.54, 1.807) is 0 Å². The zero-order chi connectivity index (χ0) is 11.4. The van der Waals surface area contributed by atoms with Gasteiger partial charge in [0.25, 0.3) is 0 Å². The molecule has 7 heteroatoms. The molecule has 0 spiro atoms. The molecule has 0 amide bonds. The summed E-state index contributed by atoms with van der Waals surface area (Å²) < 4.78 is -1.11. The molecule has 0 unspecified atom stereocenters. The Morgan fingerprint density at radius 1 is 0.769 bits per heavy atom. The minimum absolute atomic E-state index is 0. The Bertz CT molecular complexity index is 84.1. The van der Waals surface area contributed by atoms with Crippen molar-refractivity contribution in [3.05, 3.63) is 0 Å². The van der Waals surface area contributed by atoms with E-state index in [4.69, 9.17) is 14.4 Å². The van der Waals surface area contributed by atoms with Crippen molar-refractivity contribution in [2.24, 2.45) is 0 Å². The van der Waals surface area contributed by atoms with E-state index in [2.05, 4.69) is 64.1 Å². The maximum Gasteiger partial charge on any atom is 0 e. The summed E-state index contributed by atoms with van der Waals surface area (Å²) in [6.45, 7) is 12.9. The molecule has 0 N–H and O–H groups in total. The first-order valence-electron chi connectivity index (χ1n) is 2.55. The Morgan fingerprint density at radius 3 is 0.769 bits per heavy atom. The molecule has 3 nitrogen and oxygen atoms in total. The van der Waals surface area contributed by atoms with Crippen LogP contribution in [-0.4, -0.2) is 40.4 Å². The molecule has 0 saturated heterocycles. The van der Waals surface area contributed by atoms with E-state index in [0.717, 1.165) is 0 Å². The fourth-order valence-electron chi connectivity index (χ4n) is 0. The van der Waals surface area contributed by atoms with Crippen LogP contribution < -0.4 is 0 Å². The van der Waals surface area contributed by atoms with Crippen LogP contribution in [0.3, 0.4) is 0 Å². The molecule has 0 aromatic rings. The van der Waals surface area contributed by atoms with Crippen LogP contribution in [0.4, 0.5) is 0 Å². The monoisotopic (exact) mass is 476 g/mol. The Kier molecular flexibility index (Phi) is 35.7. The molecule has 0 radical (unpaired) electrons. The summed E-state index contributed by atoms with van der Waals surface area (Å²) in [5.74, 6) is 0. The number of hydrogen-bond acceptors (Lipinski definition) is 3. The topological polar surface area (TPSA) is 51.2 Å². The average Bonchev–Trinajstić information content (AvgIpc) is 1.95. The van der Waals surface area contributed by atoms with Crippen molar-refractivity contribution in [2.45, 2.75) is 0 Å². The molecule has 0 aliphatic rings. The summed E-state index contributed by atoms with van der Waals surface area (Å²) in [6, 6.07) is 0. The fourth-order valence-corrected chi connectivity index (χ4v) is 0. The van der Waals surface area contributed by atoms with Gasteiger partial charge in [-0.2, -0.15) is 0 Å². The number of hydrogen-bond donors (Lipinski definition) is 0. The van der Waals surface area contributed by atoms with Crippen LogP contribution in [0, 0.1) is 0 Å². The summed E-state index contributed by atoms with van der Waals surface area (Å²) >= 11 is 5.06. The minimum atomic E-state index is -1.11. The molecule has 0 aliphatic carbocycles. The molecule has 0 saturated carbocycles. The molecule has 0 bridgehead atoms. The predicted molar refractivity (Wildman–Crippen MR) is 74.1 cm³/mol. The molecule has 84 valence electrons. The molecular weight excluding hydrogens is 461 g/mol. The van der Waals surface area contributed by atoms with Crippen LogP contribution in [-0.2, 0) is 31.5 Å². The van der Waals surface area contributed by atoms with E-state index in [9.17, 15) is 0 Å². The zero-order valence-electron chi connectivity index (χ0n) is 7.90. The van der Waals surface area contributed by atoms with Crippen molar-refractivity contribution in [1.29, 1.82) is 0 Å². The Balaban J connectivity index is -0.0000000263. The Hall–Kier alpha value is 1.42. The molecule has 0 aliphatic heterocycles. The molecule has 0 aromatic heterocycles. The third-order valence-corrected chi connectivity index (χ3v) is 0. The van der Waals surface area contributed by atoms with Gasteiger partial charge in [0.05, 0.1) is 0 Å². The van der Waals surface area contributed by atoms with E-state index in [0.29, 0.717) is 0 Å². The maximum atomic E-state index is 8.00. The largest absolute Gasteiger partial charge is 0 e. The molecule has 0 rings (SSSR count).